The van der Waals surface area contributed by atoms with Gasteiger partial charge in [0.25, 0.3) is 0 Å². The van der Waals surface area contributed by atoms with Crippen molar-refractivity contribution in [2.75, 3.05) is 13.2 Å². The van der Waals surface area contributed by atoms with Crippen LogP contribution >= 0.6 is 0 Å². The van der Waals surface area contributed by atoms with Crippen molar-refractivity contribution in [1.29, 1.82) is 0 Å². The molecule has 0 unspecified atom stereocenters. The molecular weight excluding hydrogens is 512 g/mol. The van der Waals surface area contributed by atoms with E-state index in [-0.39, 0.29) is 5.92 Å². The molecule has 0 amide bonds. The smallest absolute Gasteiger partial charge is 0.429 e. The van der Waals surface area contributed by atoms with Crippen molar-refractivity contribution in [3.8, 4) is 17.6 Å². The van der Waals surface area contributed by atoms with Crippen molar-refractivity contribution < 1.29 is 49.3 Å². The monoisotopic (exact) mass is 528 g/mol. The van der Waals surface area contributed by atoms with Crippen molar-refractivity contribution in [3.05, 3.63) is 89.3 Å². The average molecular weight is 528 g/mol. The molecule has 0 aromatic heterocycles. The summed E-state index contributed by atoms with van der Waals surface area (Å²) in [6.45, 7) is 4.34. The van der Waals surface area contributed by atoms with Crippen LogP contribution in [0.15, 0.2) is 55.1 Å². The molecule has 3 nitrogen and oxygen atoms in total. The highest BCUT2D eigenvalue weighted by Gasteiger charge is 2.35. The molecular formula is C26H16F8O3. The van der Waals surface area contributed by atoms with Crippen LogP contribution in [0, 0.1) is 35.2 Å². The van der Waals surface area contributed by atoms with Gasteiger partial charge in [0.05, 0.1) is 29.7 Å². The van der Waals surface area contributed by atoms with E-state index in [1.54, 1.807) is 6.08 Å². The molecule has 1 heterocycles. The lowest BCUT2D eigenvalue weighted by atomic mass is 10.0. The summed E-state index contributed by atoms with van der Waals surface area (Å²) < 4.78 is 126. The normalized spacial score (nSPS) is 18.3. The topological polar surface area (TPSA) is 27.7 Å². The fraction of sp³-hybridized carbons (Fsp3) is 0.231. The van der Waals surface area contributed by atoms with Crippen molar-refractivity contribution in [1.82, 2.24) is 0 Å². The number of hydrogen-bond acceptors (Lipinski definition) is 3. The van der Waals surface area contributed by atoms with Crippen LogP contribution in [0.2, 0.25) is 0 Å². The molecule has 3 aromatic rings. The number of rotatable bonds is 5. The molecule has 1 saturated heterocycles. The standard InChI is InChI=1S/C26H16F8O3/c1-2-14-12-35-24(36-13-14)15-3-5-17(6-4-15)26(33,34)37-18-9-16-10-20(27)19(7-8-25(30,31)32)23(29)22(16)21(28)11-18/h2-6,9-11,14,24H,1,12-13H2. The van der Waals surface area contributed by atoms with Crippen molar-refractivity contribution in [2.24, 2.45) is 5.92 Å². The zero-order chi connectivity index (χ0) is 27.0. The maximum absolute atomic E-state index is 14.8. The fourth-order valence-corrected chi connectivity index (χ4v) is 3.58. The van der Waals surface area contributed by atoms with Crippen LogP contribution in [0.1, 0.15) is 23.0 Å². The number of hydrogen-bond donors (Lipinski definition) is 0. The Kier molecular flexibility index (Phi) is 7.17. The number of alkyl halides is 5. The third kappa shape index (κ3) is 5.87. The summed E-state index contributed by atoms with van der Waals surface area (Å²) in [6.07, 6.45) is -8.11. The Balaban J connectivity index is 1.58. The summed E-state index contributed by atoms with van der Waals surface area (Å²) in [6, 6.07) is 6.37. The highest BCUT2D eigenvalue weighted by atomic mass is 19.4. The second-order valence-corrected chi connectivity index (χ2v) is 8.03. The first-order chi connectivity index (χ1) is 17.4. The molecule has 0 N–H and O–H groups in total. The molecule has 0 spiro atoms. The highest BCUT2D eigenvalue weighted by Crippen LogP contribution is 2.36. The Morgan fingerprint density at radius 2 is 1.57 bits per heavy atom. The molecule has 1 aliphatic heterocycles. The van der Waals surface area contributed by atoms with Gasteiger partial charge in [0.15, 0.2) is 12.1 Å². The van der Waals surface area contributed by atoms with Gasteiger partial charge in [-0.05, 0) is 29.7 Å². The molecule has 1 fully saturated rings. The van der Waals surface area contributed by atoms with E-state index in [1.165, 1.54) is 18.1 Å². The Labute approximate surface area is 205 Å². The summed E-state index contributed by atoms with van der Waals surface area (Å²) >= 11 is 0. The van der Waals surface area contributed by atoms with E-state index in [1.807, 2.05) is 0 Å². The molecule has 37 heavy (non-hydrogen) atoms. The van der Waals surface area contributed by atoms with E-state index in [9.17, 15) is 35.1 Å². The largest absolute Gasteiger partial charge is 0.458 e. The van der Waals surface area contributed by atoms with Crippen molar-refractivity contribution in [2.45, 2.75) is 18.6 Å². The maximum Gasteiger partial charge on any atom is 0.458 e. The van der Waals surface area contributed by atoms with E-state index >= 15 is 0 Å². The van der Waals surface area contributed by atoms with Crippen LogP contribution in [-0.4, -0.2) is 19.4 Å². The lowest BCUT2D eigenvalue weighted by Gasteiger charge is -2.28. The third-order valence-corrected chi connectivity index (χ3v) is 5.41. The van der Waals surface area contributed by atoms with Crippen LogP contribution in [0.25, 0.3) is 10.8 Å². The first-order valence-corrected chi connectivity index (χ1v) is 10.6. The number of fused-ring (bicyclic) bond motifs is 1. The zero-order valence-corrected chi connectivity index (χ0v) is 18.6. The van der Waals surface area contributed by atoms with E-state index in [0.717, 1.165) is 18.2 Å². The Morgan fingerprint density at radius 1 is 0.919 bits per heavy atom. The minimum absolute atomic E-state index is 0.0111. The number of benzene rings is 3. The van der Waals surface area contributed by atoms with Gasteiger partial charge in [-0.15, -0.1) is 6.58 Å². The Bertz CT molecular complexity index is 1380. The predicted octanol–water partition coefficient (Wildman–Crippen LogP) is 7.15. The molecule has 1 aliphatic rings. The second kappa shape index (κ2) is 10.0. The van der Waals surface area contributed by atoms with Crippen LogP contribution in [0.4, 0.5) is 35.1 Å². The molecule has 3 aromatic carbocycles. The SMILES string of the molecule is C=CC1COC(c2ccc(C(F)(F)Oc3cc(F)c4c(F)c(C#CC(F)(F)F)c(F)cc4c3)cc2)OC1. The molecule has 4 rings (SSSR count). The minimum Gasteiger partial charge on any atom is -0.429 e. The van der Waals surface area contributed by atoms with Gasteiger partial charge in [0, 0.05) is 23.5 Å². The summed E-state index contributed by atoms with van der Waals surface area (Å²) in [7, 11) is 0. The van der Waals surface area contributed by atoms with Crippen LogP contribution in [0.3, 0.4) is 0 Å². The Hall–Kier alpha value is -3.62. The van der Waals surface area contributed by atoms with Gasteiger partial charge in [-0.1, -0.05) is 24.1 Å². The summed E-state index contributed by atoms with van der Waals surface area (Å²) in [5.74, 6) is -3.49. The fourth-order valence-electron chi connectivity index (χ4n) is 3.58. The number of ether oxygens (including phenoxy) is 3. The first-order valence-electron chi connectivity index (χ1n) is 10.6. The van der Waals surface area contributed by atoms with Gasteiger partial charge < -0.3 is 14.2 Å². The molecule has 194 valence electrons. The van der Waals surface area contributed by atoms with Crippen LogP contribution in [0.5, 0.6) is 5.75 Å². The van der Waals surface area contributed by atoms with Crippen LogP contribution < -0.4 is 4.74 Å². The lowest BCUT2D eigenvalue weighted by molar-refractivity contribution is -0.198. The van der Waals surface area contributed by atoms with Gasteiger partial charge >= 0.3 is 12.3 Å². The van der Waals surface area contributed by atoms with Crippen LogP contribution in [-0.2, 0) is 15.6 Å². The lowest BCUT2D eigenvalue weighted by Crippen LogP contribution is -2.26. The van der Waals surface area contributed by atoms with E-state index in [2.05, 4.69) is 11.3 Å². The summed E-state index contributed by atoms with van der Waals surface area (Å²) in [5.41, 5.74) is -1.46. The molecule has 0 aliphatic carbocycles. The summed E-state index contributed by atoms with van der Waals surface area (Å²) in [4.78, 5) is 0. The van der Waals surface area contributed by atoms with E-state index in [0.29, 0.717) is 36.8 Å². The van der Waals surface area contributed by atoms with E-state index in [4.69, 9.17) is 9.47 Å². The van der Waals surface area contributed by atoms with Gasteiger partial charge in [-0.3, -0.25) is 0 Å². The van der Waals surface area contributed by atoms with Gasteiger partial charge in [-0.25, -0.2) is 13.2 Å². The van der Waals surface area contributed by atoms with E-state index < -0.39 is 63.7 Å². The first kappa shape index (κ1) is 26.4. The predicted molar refractivity (Wildman–Crippen MR) is 116 cm³/mol. The second-order valence-electron chi connectivity index (χ2n) is 8.03. The average Bonchev–Trinajstić information content (AvgIpc) is 2.82. The Morgan fingerprint density at radius 3 is 2.16 bits per heavy atom. The molecule has 0 atom stereocenters. The van der Waals surface area contributed by atoms with Gasteiger partial charge in [0.1, 0.15) is 17.4 Å². The number of halogens is 8. The molecule has 0 radical (unpaired) electrons. The minimum atomic E-state index is -5.04. The van der Waals surface area contributed by atoms with Gasteiger partial charge in [-0.2, -0.15) is 22.0 Å². The quantitative estimate of drug-likeness (QED) is 0.200. The molecule has 11 heteroatoms. The molecule has 0 saturated carbocycles. The highest BCUT2D eigenvalue weighted by molar-refractivity contribution is 5.87. The van der Waals surface area contributed by atoms with Gasteiger partial charge in [0.2, 0.25) is 0 Å². The third-order valence-electron chi connectivity index (χ3n) is 5.41. The van der Waals surface area contributed by atoms with Crippen molar-refractivity contribution >= 4 is 10.8 Å². The maximum atomic E-state index is 14.8. The molecule has 0 bridgehead atoms. The summed E-state index contributed by atoms with van der Waals surface area (Å²) in [5, 5.41) is -1.49. The van der Waals surface area contributed by atoms with Crippen molar-refractivity contribution in [3.63, 3.8) is 0 Å². The zero-order valence-electron chi connectivity index (χ0n) is 18.6.